The van der Waals surface area contributed by atoms with Gasteiger partial charge in [0.2, 0.25) is 10.0 Å². The quantitative estimate of drug-likeness (QED) is 0.870. The molecule has 1 atom stereocenters. The minimum absolute atomic E-state index is 0.0434. The van der Waals surface area contributed by atoms with E-state index < -0.39 is 10.0 Å². The maximum absolute atomic E-state index is 12.7. The lowest BCUT2D eigenvalue weighted by Crippen LogP contribution is -2.43. The van der Waals surface area contributed by atoms with Crippen molar-refractivity contribution in [3.05, 3.63) is 65.7 Å². The Bertz CT molecular complexity index is 798. The normalized spacial score (nSPS) is 19.7. The second kappa shape index (κ2) is 6.26. The fraction of sp³-hybridized carbons (Fsp3) is 0.278. The second-order valence-electron chi connectivity index (χ2n) is 5.87. The molecule has 5 heteroatoms. The molecule has 1 aliphatic heterocycles. The first-order chi connectivity index (χ1) is 11.0. The van der Waals surface area contributed by atoms with Gasteiger partial charge in [-0.3, -0.25) is 4.79 Å². The number of nitrogens with zero attached hydrogens (tertiary/aromatic N) is 1. The van der Waals surface area contributed by atoms with Gasteiger partial charge in [-0.2, -0.15) is 4.31 Å². The number of hydrogen-bond acceptors (Lipinski definition) is 3. The predicted molar refractivity (Wildman–Crippen MR) is 88.7 cm³/mol. The lowest BCUT2D eigenvalue weighted by molar-refractivity contribution is -0.122. The summed E-state index contributed by atoms with van der Waals surface area (Å²) in [5.41, 5.74) is 1.97. The predicted octanol–water partition coefficient (Wildman–Crippen LogP) is 2.74. The lowest BCUT2D eigenvalue weighted by atomic mass is 9.89. The average Bonchev–Trinajstić information content (AvgIpc) is 2.56. The van der Waals surface area contributed by atoms with E-state index in [-0.39, 0.29) is 23.1 Å². The van der Waals surface area contributed by atoms with Gasteiger partial charge < -0.3 is 0 Å². The number of ketones is 1. The Morgan fingerprint density at radius 2 is 1.65 bits per heavy atom. The molecule has 4 nitrogen and oxygen atoms in total. The molecule has 0 bridgehead atoms. The molecule has 0 aromatic heterocycles. The molecule has 0 amide bonds. The van der Waals surface area contributed by atoms with Crippen molar-refractivity contribution in [1.29, 1.82) is 0 Å². The van der Waals surface area contributed by atoms with Gasteiger partial charge >= 0.3 is 0 Å². The van der Waals surface area contributed by atoms with Gasteiger partial charge in [-0.1, -0.05) is 48.0 Å². The van der Waals surface area contributed by atoms with Crippen LogP contribution in [0.3, 0.4) is 0 Å². The van der Waals surface area contributed by atoms with E-state index in [4.69, 9.17) is 0 Å². The van der Waals surface area contributed by atoms with E-state index in [2.05, 4.69) is 0 Å². The van der Waals surface area contributed by atoms with Crippen LogP contribution in [0.2, 0.25) is 0 Å². The number of carbonyl (C=O) groups is 1. The Morgan fingerprint density at radius 1 is 1.00 bits per heavy atom. The zero-order valence-electron chi connectivity index (χ0n) is 13.0. The highest BCUT2D eigenvalue weighted by Crippen LogP contribution is 2.28. The van der Waals surface area contributed by atoms with Crippen LogP contribution in [-0.2, 0) is 14.8 Å². The molecule has 2 aromatic carbocycles. The van der Waals surface area contributed by atoms with Crippen molar-refractivity contribution in [3.63, 3.8) is 0 Å². The molecule has 1 saturated heterocycles. The summed E-state index contributed by atoms with van der Waals surface area (Å²) in [4.78, 5) is 12.7. The summed E-state index contributed by atoms with van der Waals surface area (Å²) >= 11 is 0. The van der Waals surface area contributed by atoms with Crippen LogP contribution < -0.4 is 0 Å². The first-order valence-corrected chi connectivity index (χ1v) is 9.07. The molecule has 120 valence electrons. The molecular weight excluding hydrogens is 310 g/mol. The maximum Gasteiger partial charge on any atom is 0.243 e. The van der Waals surface area contributed by atoms with Crippen molar-refractivity contribution >= 4 is 15.8 Å². The van der Waals surface area contributed by atoms with Gasteiger partial charge in [-0.15, -0.1) is 0 Å². The minimum Gasteiger partial charge on any atom is -0.298 e. The third-order valence-corrected chi connectivity index (χ3v) is 6.11. The molecule has 0 aliphatic carbocycles. The summed E-state index contributed by atoms with van der Waals surface area (Å²) in [5, 5.41) is 0. The number of aryl methyl sites for hydroxylation is 1. The monoisotopic (exact) mass is 329 g/mol. The van der Waals surface area contributed by atoms with Crippen molar-refractivity contribution in [1.82, 2.24) is 4.31 Å². The van der Waals surface area contributed by atoms with Gasteiger partial charge in [0.15, 0.2) is 5.78 Å². The van der Waals surface area contributed by atoms with Crippen LogP contribution in [0.15, 0.2) is 59.5 Å². The van der Waals surface area contributed by atoms with Gasteiger partial charge in [0, 0.05) is 12.5 Å². The van der Waals surface area contributed by atoms with E-state index in [1.807, 2.05) is 37.3 Å². The highest BCUT2D eigenvalue weighted by atomic mass is 32.2. The van der Waals surface area contributed by atoms with Crippen molar-refractivity contribution in [2.24, 2.45) is 0 Å². The Morgan fingerprint density at radius 3 is 2.26 bits per heavy atom. The third kappa shape index (κ3) is 3.21. The number of rotatable bonds is 3. The summed E-state index contributed by atoms with van der Waals surface area (Å²) in [6.45, 7) is 2.21. The van der Waals surface area contributed by atoms with Crippen LogP contribution in [-0.4, -0.2) is 31.6 Å². The van der Waals surface area contributed by atoms with Crippen molar-refractivity contribution < 1.29 is 13.2 Å². The van der Waals surface area contributed by atoms with Crippen molar-refractivity contribution in [3.8, 4) is 0 Å². The smallest absolute Gasteiger partial charge is 0.243 e. The lowest BCUT2D eigenvalue weighted by Gasteiger charge is -2.30. The minimum atomic E-state index is -3.60. The number of benzene rings is 2. The Labute approximate surface area is 136 Å². The molecule has 0 saturated carbocycles. The van der Waals surface area contributed by atoms with Gasteiger partial charge in [-0.05, 0) is 31.0 Å². The standard InChI is InChI=1S/C18H19NO3S/c1-14-7-9-16(10-8-14)23(21,22)19-12-11-17(18(20)13-19)15-5-3-2-4-6-15/h2-10,17H,11-13H2,1H3. The van der Waals surface area contributed by atoms with Gasteiger partial charge in [0.25, 0.3) is 0 Å². The van der Waals surface area contributed by atoms with Gasteiger partial charge in [0.05, 0.1) is 11.4 Å². The summed E-state index contributed by atoms with van der Waals surface area (Å²) in [6, 6.07) is 16.3. The summed E-state index contributed by atoms with van der Waals surface area (Å²) in [6.07, 6.45) is 0.522. The van der Waals surface area contributed by atoms with Crippen LogP contribution in [0.1, 0.15) is 23.5 Å². The molecule has 1 fully saturated rings. The zero-order chi connectivity index (χ0) is 16.4. The van der Waals surface area contributed by atoms with Crippen LogP contribution in [0.4, 0.5) is 0 Å². The molecule has 2 aromatic rings. The van der Waals surface area contributed by atoms with E-state index in [0.717, 1.165) is 11.1 Å². The average molecular weight is 329 g/mol. The number of piperidine rings is 1. The molecule has 0 radical (unpaired) electrons. The molecule has 1 aliphatic rings. The van der Waals surface area contributed by atoms with E-state index in [1.54, 1.807) is 24.3 Å². The fourth-order valence-corrected chi connectivity index (χ4v) is 4.32. The molecule has 0 N–H and O–H groups in total. The van der Waals surface area contributed by atoms with Crippen molar-refractivity contribution in [2.75, 3.05) is 13.1 Å². The zero-order valence-corrected chi connectivity index (χ0v) is 13.8. The molecular formula is C18H19NO3S. The van der Waals surface area contributed by atoms with Gasteiger partial charge in [-0.25, -0.2) is 8.42 Å². The van der Waals surface area contributed by atoms with E-state index in [1.165, 1.54) is 4.31 Å². The Kier molecular flexibility index (Phi) is 4.33. The SMILES string of the molecule is Cc1ccc(S(=O)(=O)N2CCC(c3ccccc3)C(=O)C2)cc1. The van der Waals surface area contributed by atoms with Crippen molar-refractivity contribution in [2.45, 2.75) is 24.2 Å². The molecule has 23 heavy (non-hydrogen) atoms. The number of hydrogen-bond donors (Lipinski definition) is 0. The third-order valence-electron chi connectivity index (χ3n) is 4.25. The summed E-state index contributed by atoms with van der Waals surface area (Å²) in [5.74, 6) is -0.251. The molecule has 0 spiro atoms. The van der Waals surface area contributed by atoms with E-state index >= 15 is 0 Å². The first kappa shape index (κ1) is 15.9. The van der Waals surface area contributed by atoms with Gasteiger partial charge in [0.1, 0.15) is 0 Å². The fourth-order valence-electron chi connectivity index (χ4n) is 2.90. The molecule has 1 unspecified atom stereocenters. The topological polar surface area (TPSA) is 54.5 Å². The van der Waals surface area contributed by atoms with E-state index in [9.17, 15) is 13.2 Å². The Hall–Kier alpha value is -1.98. The highest BCUT2D eigenvalue weighted by molar-refractivity contribution is 7.89. The molecule has 3 rings (SSSR count). The van der Waals surface area contributed by atoms with E-state index in [0.29, 0.717) is 13.0 Å². The largest absolute Gasteiger partial charge is 0.298 e. The Balaban J connectivity index is 1.79. The summed E-state index contributed by atoms with van der Waals surface area (Å²) in [7, 11) is -3.60. The maximum atomic E-state index is 12.7. The molecule has 1 heterocycles. The second-order valence-corrected chi connectivity index (χ2v) is 7.81. The number of Topliss-reactive ketones (excluding diaryl/α,β-unsaturated/α-hetero) is 1. The number of sulfonamides is 1. The number of carbonyl (C=O) groups excluding carboxylic acids is 1. The first-order valence-electron chi connectivity index (χ1n) is 7.63. The van der Waals surface area contributed by atoms with Crippen LogP contribution in [0, 0.1) is 6.92 Å². The van der Waals surface area contributed by atoms with Crippen LogP contribution >= 0.6 is 0 Å². The van der Waals surface area contributed by atoms with Crippen LogP contribution in [0.5, 0.6) is 0 Å². The highest BCUT2D eigenvalue weighted by Gasteiger charge is 2.34. The van der Waals surface area contributed by atoms with Crippen LogP contribution in [0.25, 0.3) is 0 Å². The summed E-state index contributed by atoms with van der Waals surface area (Å²) < 4.78 is 26.6.